The third-order valence-corrected chi connectivity index (χ3v) is 9.99. The van der Waals surface area contributed by atoms with Crippen molar-refractivity contribution in [3.05, 3.63) is 91.9 Å². The first-order valence-corrected chi connectivity index (χ1v) is 16.2. The highest BCUT2D eigenvalue weighted by atomic mass is 35.5. The summed E-state index contributed by atoms with van der Waals surface area (Å²) in [4.78, 5) is 16.4. The van der Waals surface area contributed by atoms with E-state index in [4.69, 9.17) is 44.1 Å². The van der Waals surface area contributed by atoms with Crippen LogP contribution in [0.2, 0.25) is 15.2 Å². The summed E-state index contributed by atoms with van der Waals surface area (Å²) in [7, 11) is 1.79. The van der Waals surface area contributed by atoms with Gasteiger partial charge >= 0.3 is 0 Å². The Labute approximate surface area is 276 Å². The molecule has 4 aromatic rings. The van der Waals surface area contributed by atoms with E-state index in [-0.39, 0.29) is 30.6 Å². The van der Waals surface area contributed by atoms with E-state index < -0.39 is 0 Å². The SMILES string of the molecule is Cc1nn(C)c(Cl)c1-c1cc(COc2ccc(C3=C(C(=O)N(Cc4cccc(Cl)c4Cl)C4CC4)[C@H]4CNCC(C3)N4)cc2)on1. The number of carbonyl (C=O) groups excluding carboxylic acids is 1. The van der Waals surface area contributed by atoms with Crippen molar-refractivity contribution in [1.29, 1.82) is 0 Å². The Balaban J connectivity index is 1.12. The van der Waals surface area contributed by atoms with Gasteiger partial charge in [-0.15, -0.1) is 0 Å². The number of ether oxygens (including phenoxy) is 1. The average molecular weight is 668 g/mol. The minimum atomic E-state index is -0.0791. The predicted molar refractivity (Wildman–Crippen MR) is 174 cm³/mol. The molecular weight excluding hydrogens is 635 g/mol. The monoisotopic (exact) mass is 666 g/mol. The molecule has 1 unspecified atom stereocenters. The molecule has 234 valence electrons. The van der Waals surface area contributed by atoms with Gasteiger partial charge in [-0.3, -0.25) is 9.48 Å². The van der Waals surface area contributed by atoms with Gasteiger partial charge in [-0.2, -0.15) is 5.10 Å². The quantitative estimate of drug-likeness (QED) is 0.219. The van der Waals surface area contributed by atoms with E-state index in [2.05, 4.69) is 20.9 Å². The Morgan fingerprint density at radius 3 is 2.67 bits per heavy atom. The molecule has 1 amide bonds. The van der Waals surface area contributed by atoms with Crippen molar-refractivity contribution in [2.45, 2.75) is 57.5 Å². The Bertz CT molecular complexity index is 1780. The van der Waals surface area contributed by atoms with Crippen LogP contribution in [0.25, 0.3) is 16.8 Å². The largest absolute Gasteiger partial charge is 0.486 e. The van der Waals surface area contributed by atoms with Crippen molar-refractivity contribution >= 4 is 46.3 Å². The van der Waals surface area contributed by atoms with Gasteiger partial charge < -0.3 is 24.8 Å². The van der Waals surface area contributed by atoms with Gasteiger partial charge in [0.2, 0.25) is 0 Å². The van der Waals surface area contributed by atoms with Gasteiger partial charge in [0.25, 0.3) is 5.91 Å². The van der Waals surface area contributed by atoms with Crippen LogP contribution in [0.3, 0.4) is 0 Å². The fourth-order valence-electron chi connectivity index (χ4n) is 6.33. The lowest BCUT2D eigenvalue weighted by molar-refractivity contribution is -0.128. The maximum absolute atomic E-state index is 14.4. The molecule has 7 rings (SSSR count). The molecule has 1 saturated heterocycles. The number of fused-ring (bicyclic) bond motifs is 2. The highest BCUT2D eigenvalue weighted by molar-refractivity contribution is 6.42. The average Bonchev–Trinajstić information content (AvgIpc) is 3.71. The zero-order valence-electron chi connectivity index (χ0n) is 24.9. The summed E-state index contributed by atoms with van der Waals surface area (Å²) < 4.78 is 13.2. The molecule has 2 aliphatic heterocycles. The third kappa shape index (κ3) is 6.12. The van der Waals surface area contributed by atoms with Gasteiger partial charge in [-0.25, -0.2) is 0 Å². The summed E-state index contributed by atoms with van der Waals surface area (Å²) in [6.07, 6.45) is 2.72. The molecule has 12 heteroatoms. The molecule has 4 heterocycles. The fourth-order valence-corrected chi connectivity index (χ4v) is 6.98. The molecule has 3 aliphatic rings. The number of aromatic nitrogens is 3. The van der Waals surface area contributed by atoms with Crippen molar-refractivity contribution in [3.8, 4) is 17.0 Å². The minimum absolute atomic E-state index is 0.0496. The summed E-state index contributed by atoms with van der Waals surface area (Å²) in [6.45, 7) is 4.06. The first-order valence-electron chi connectivity index (χ1n) is 15.1. The van der Waals surface area contributed by atoms with Crippen LogP contribution in [0.5, 0.6) is 5.75 Å². The van der Waals surface area contributed by atoms with Gasteiger partial charge in [0.05, 0.1) is 27.3 Å². The molecule has 2 bridgehead atoms. The van der Waals surface area contributed by atoms with Crippen molar-refractivity contribution in [2.24, 2.45) is 7.05 Å². The first-order chi connectivity index (χ1) is 21.8. The van der Waals surface area contributed by atoms with E-state index in [0.717, 1.165) is 59.3 Å². The topological polar surface area (TPSA) is 97.5 Å². The minimum Gasteiger partial charge on any atom is -0.486 e. The van der Waals surface area contributed by atoms with Crippen LogP contribution >= 0.6 is 34.8 Å². The smallest absolute Gasteiger partial charge is 0.252 e. The summed E-state index contributed by atoms with van der Waals surface area (Å²) in [5, 5.41) is 17.2. The highest BCUT2D eigenvalue weighted by Gasteiger charge is 2.41. The molecule has 1 saturated carbocycles. The molecular formula is C33H33Cl3N6O3. The zero-order valence-corrected chi connectivity index (χ0v) is 27.2. The molecule has 0 radical (unpaired) electrons. The van der Waals surface area contributed by atoms with E-state index in [9.17, 15) is 4.79 Å². The number of halogens is 3. The molecule has 2 atom stereocenters. The molecule has 2 N–H and O–H groups in total. The number of nitrogens with zero attached hydrogens (tertiary/aromatic N) is 4. The lowest BCUT2D eigenvalue weighted by Gasteiger charge is -2.41. The van der Waals surface area contributed by atoms with Gasteiger partial charge in [0.1, 0.15) is 23.2 Å². The number of amides is 1. The van der Waals surface area contributed by atoms with Crippen LogP contribution in [0.15, 0.2) is 58.6 Å². The third-order valence-electron chi connectivity index (χ3n) is 8.70. The maximum atomic E-state index is 14.4. The van der Waals surface area contributed by atoms with Crippen LogP contribution in [-0.4, -0.2) is 57.0 Å². The lowest BCUT2D eigenvalue weighted by atomic mass is 9.83. The van der Waals surface area contributed by atoms with Gasteiger partial charge in [-0.05, 0) is 61.1 Å². The Morgan fingerprint density at radius 2 is 1.93 bits per heavy atom. The second kappa shape index (κ2) is 12.5. The standard InChI is InChI=1S/C33H33Cl3N6O3/c1-18-29(32(36)41(2)39-18)27-13-24(45-40-27)17-44-23-10-6-19(7-11-23)25-12-21-14-37-15-28(38-21)30(25)33(43)42(22-8-9-22)16-20-4-3-5-26(34)31(20)35/h3-7,10-11,13,21-22,28,37-38H,8-9,12,14-17H2,1-2H3/t21?,28-/m1/s1. The predicted octanol–water partition coefficient (Wildman–Crippen LogP) is 6.20. The Morgan fingerprint density at radius 1 is 1.13 bits per heavy atom. The van der Waals surface area contributed by atoms with Crippen molar-refractivity contribution in [2.75, 3.05) is 13.1 Å². The summed E-state index contributed by atoms with van der Waals surface area (Å²) in [6, 6.07) is 15.7. The second-order valence-corrected chi connectivity index (χ2v) is 13.1. The summed E-state index contributed by atoms with van der Waals surface area (Å²) in [5.74, 6) is 1.31. The highest BCUT2D eigenvalue weighted by Crippen LogP contribution is 2.38. The van der Waals surface area contributed by atoms with Crippen LogP contribution in [-0.2, 0) is 25.0 Å². The van der Waals surface area contributed by atoms with Gasteiger partial charge in [-0.1, -0.05) is 64.2 Å². The number of carbonyl (C=O) groups is 1. The van der Waals surface area contributed by atoms with Crippen LogP contribution in [0.4, 0.5) is 0 Å². The van der Waals surface area contributed by atoms with E-state index in [1.54, 1.807) is 17.8 Å². The number of rotatable bonds is 9. The lowest BCUT2D eigenvalue weighted by Crippen LogP contribution is -2.60. The van der Waals surface area contributed by atoms with Crippen LogP contribution in [0.1, 0.15) is 41.8 Å². The fraction of sp³-hybridized carbons (Fsp3) is 0.364. The number of hydrogen-bond acceptors (Lipinski definition) is 7. The summed E-state index contributed by atoms with van der Waals surface area (Å²) in [5.41, 5.74) is 5.90. The molecule has 1 aliphatic carbocycles. The molecule has 0 spiro atoms. The molecule has 2 aromatic carbocycles. The Hall–Kier alpha value is -3.34. The maximum Gasteiger partial charge on any atom is 0.252 e. The second-order valence-electron chi connectivity index (χ2n) is 11.9. The van der Waals surface area contributed by atoms with Gasteiger partial charge in [0.15, 0.2) is 5.76 Å². The molecule has 2 fully saturated rings. The molecule has 2 aromatic heterocycles. The number of hydrogen-bond donors (Lipinski definition) is 2. The van der Waals surface area contributed by atoms with Crippen LogP contribution < -0.4 is 15.4 Å². The normalized spacial score (nSPS) is 19.6. The van der Waals surface area contributed by atoms with E-state index in [1.807, 2.05) is 54.3 Å². The van der Waals surface area contributed by atoms with E-state index in [0.29, 0.717) is 45.5 Å². The van der Waals surface area contributed by atoms with E-state index in [1.165, 1.54) is 0 Å². The number of piperazine rings is 1. The molecule has 9 nitrogen and oxygen atoms in total. The number of aryl methyl sites for hydroxylation is 2. The number of benzene rings is 2. The zero-order chi connectivity index (χ0) is 31.2. The first kappa shape index (κ1) is 30.3. The van der Waals surface area contributed by atoms with Crippen molar-refractivity contribution < 1.29 is 14.1 Å². The molecule has 45 heavy (non-hydrogen) atoms. The van der Waals surface area contributed by atoms with Crippen molar-refractivity contribution in [1.82, 2.24) is 30.5 Å². The number of nitrogens with one attached hydrogen (secondary N) is 2. The van der Waals surface area contributed by atoms with Crippen LogP contribution in [0, 0.1) is 6.92 Å². The summed E-state index contributed by atoms with van der Waals surface area (Å²) >= 11 is 19.3. The van der Waals surface area contributed by atoms with Gasteiger partial charge in [0, 0.05) is 50.4 Å². The van der Waals surface area contributed by atoms with E-state index >= 15 is 0 Å². The Kier molecular flexibility index (Phi) is 8.39. The van der Waals surface area contributed by atoms with Crippen molar-refractivity contribution in [3.63, 3.8) is 0 Å².